The maximum atomic E-state index is 5.38. The number of methoxy groups -OCH3 is 1. The van der Waals surface area contributed by atoms with Crippen LogP contribution in [0.15, 0.2) is 18.2 Å². The molecule has 0 aromatic heterocycles. The van der Waals surface area contributed by atoms with Crippen molar-refractivity contribution in [2.45, 2.75) is 25.3 Å². The lowest BCUT2D eigenvalue weighted by atomic mass is 9.88. The smallest absolute Gasteiger partial charge is 0.122 e. The topological polar surface area (TPSA) is 21.3 Å². The van der Waals surface area contributed by atoms with Crippen LogP contribution in [-0.4, -0.2) is 20.2 Å². The Morgan fingerprint density at radius 1 is 1.43 bits per heavy atom. The summed E-state index contributed by atoms with van der Waals surface area (Å²) in [6.45, 7) is 0. The zero-order valence-electron chi connectivity index (χ0n) is 8.84. The molecular formula is C12H17NO. The molecular weight excluding hydrogens is 174 g/mol. The van der Waals surface area contributed by atoms with Crippen LogP contribution in [0.4, 0.5) is 0 Å². The molecule has 1 aromatic rings. The predicted molar refractivity (Wildman–Crippen MR) is 57.9 cm³/mol. The molecule has 0 unspecified atom stereocenters. The minimum absolute atomic E-state index is 0.610. The Balaban J connectivity index is 2.33. The minimum Gasteiger partial charge on any atom is -0.496 e. The van der Waals surface area contributed by atoms with Crippen LogP contribution in [0.5, 0.6) is 5.75 Å². The quantitative estimate of drug-likeness (QED) is 0.769. The molecule has 1 aromatic carbocycles. The fourth-order valence-corrected chi connectivity index (χ4v) is 2.19. The highest BCUT2D eigenvalue weighted by Crippen LogP contribution is 2.29. The normalized spacial score (nSPS) is 20.3. The Hall–Kier alpha value is -1.02. The molecule has 1 aliphatic rings. The Morgan fingerprint density at radius 3 is 3.00 bits per heavy atom. The third kappa shape index (κ3) is 1.62. The van der Waals surface area contributed by atoms with E-state index >= 15 is 0 Å². The van der Waals surface area contributed by atoms with Gasteiger partial charge < -0.3 is 10.1 Å². The van der Waals surface area contributed by atoms with Gasteiger partial charge in [0.15, 0.2) is 0 Å². The van der Waals surface area contributed by atoms with Crippen molar-refractivity contribution in [2.75, 3.05) is 14.2 Å². The largest absolute Gasteiger partial charge is 0.496 e. The maximum Gasteiger partial charge on any atom is 0.122 e. The van der Waals surface area contributed by atoms with E-state index in [0.717, 1.165) is 18.6 Å². The minimum atomic E-state index is 0.610. The van der Waals surface area contributed by atoms with Gasteiger partial charge in [-0.15, -0.1) is 0 Å². The molecule has 1 atom stereocenters. The molecule has 2 nitrogen and oxygen atoms in total. The van der Waals surface area contributed by atoms with Crippen LogP contribution < -0.4 is 10.1 Å². The van der Waals surface area contributed by atoms with Crippen LogP contribution in [0.2, 0.25) is 0 Å². The van der Waals surface area contributed by atoms with Crippen molar-refractivity contribution < 1.29 is 4.74 Å². The van der Waals surface area contributed by atoms with Gasteiger partial charge in [-0.3, -0.25) is 0 Å². The Labute approximate surface area is 85.3 Å². The standard InChI is InChI=1S/C12H17NO/c1-13-10-7-6-9-4-3-5-12(14-2)11(9)8-10/h3-5,10,13H,6-8H2,1-2H3/t10-/m0/s1. The van der Waals surface area contributed by atoms with Gasteiger partial charge in [-0.1, -0.05) is 12.1 Å². The number of hydrogen-bond acceptors (Lipinski definition) is 2. The predicted octanol–water partition coefficient (Wildman–Crippen LogP) is 1.77. The zero-order chi connectivity index (χ0) is 9.97. The number of fused-ring (bicyclic) bond motifs is 1. The summed E-state index contributed by atoms with van der Waals surface area (Å²) >= 11 is 0. The van der Waals surface area contributed by atoms with Gasteiger partial charge in [0, 0.05) is 6.04 Å². The van der Waals surface area contributed by atoms with Crippen LogP contribution in [0, 0.1) is 0 Å². The van der Waals surface area contributed by atoms with Gasteiger partial charge in [-0.25, -0.2) is 0 Å². The van der Waals surface area contributed by atoms with E-state index in [2.05, 4.69) is 23.5 Å². The van der Waals surface area contributed by atoms with Gasteiger partial charge in [0.2, 0.25) is 0 Å². The summed E-state index contributed by atoms with van der Waals surface area (Å²) in [7, 11) is 3.78. The van der Waals surface area contributed by atoms with Gasteiger partial charge in [-0.05, 0) is 43.5 Å². The van der Waals surface area contributed by atoms with Crippen molar-refractivity contribution >= 4 is 0 Å². The molecule has 2 heteroatoms. The Bertz CT molecular complexity index is 308. The molecule has 0 saturated heterocycles. The number of benzene rings is 1. The van der Waals surface area contributed by atoms with Gasteiger partial charge in [0.1, 0.15) is 5.75 Å². The molecule has 14 heavy (non-hydrogen) atoms. The first kappa shape index (κ1) is 9.53. The van der Waals surface area contributed by atoms with Gasteiger partial charge in [0.05, 0.1) is 7.11 Å². The van der Waals surface area contributed by atoms with Crippen molar-refractivity contribution in [1.82, 2.24) is 5.32 Å². The summed E-state index contributed by atoms with van der Waals surface area (Å²) in [4.78, 5) is 0. The van der Waals surface area contributed by atoms with Crippen LogP contribution >= 0.6 is 0 Å². The second kappa shape index (κ2) is 4.01. The Morgan fingerprint density at radius 2 is 2.29 bits per heavy atom. The van der Waals surface area contributed by atoms with E-state index in [9.17, 15) is 0 Å². The van der Waals surface area contributed by atoms with Crippen molar-refractivity contribution in [2.24, 2.45) is 0 Å². The third-order valence-corrected chi connectivity index (χ3v) is 3.07. The monoisotopic (exact) mass is 191 g/mol. The molecule has 2 rings (SSSR count). The van der Waals surface area contributed by atoms with Crippen LogP contribution in [-0.2, 0) is 12.8 Å². The van der Waals surface area contributed by atoms with Crippen LogP contribution in [0.1, 0.15) is 17.5 Å². The molecule has 76 valence electrons. The zero-order valence-corrected chi connectivity index (χ0v) is 8.84. The molecule has 0 bridgehead atoms. The van der Waals surface area contributed by atoms with Crippen molar-refractivity contribution in [3.8, 4) is 5.75 Å². The van der Waals surface area contributed by atoms with E-state index in [-0.39, 0.29) is 0 Å². The number of ether oxygens (including phenoxy) is 1. The fraction of sp³-hybridized carbons (Fsp3) is 0.500. The highest BCUT2D eigenvalue weighted by Gasteiger charge is 2.19. The molecule has 1 aliphatic carbocycles. The van der Waals surface area contributed by atoms with Gasteiger partial charge in [0.25, 0.3) is 0 Å². The van der Waals surface area contributed by atoms with E-state index in [1.54, 1.807) is 7.11 Å². The highest BCUT2D eigenvalue weighted by atomic mass is 16.5. The lowest BCUT2D eigenvalue weighted by molar-refractivity contribution is 0.398. The van der Waals surface area contributed by atoms with E-state index < -0.39 is 0 Å². The third-order valence-electron chi connectivity index (χ3n) is 3.07. The van der Waals surface area contributed by atoms with E-state index in [1.165, 1.54) is 17.5 Å². The molecule has 0 saturated carbocycles. The van der Waals surface area contributed by atoms with Crippen molar-refractivity contribution in [1.29, 1.82) is 0 Å². The first-order valence-corrected chi connectivity index (χ1v) is 5.17. The number of likely N-dealkylation sites (N-methyl/N-ethyl adjacent to an activating group) is 1. The van der Waals surface area contributed by atoms with Crippen LogP contribution in [0.25, 0.3) is 0 Å². The first-order chi connectivity index (χ1) is 6.85. The number of nitrogens with one attached hydrogen (secondary N) is 1. The van der Waals surface area contributed by atoms with Crippen molar-refractivity contribution in [3.63, 3.8) is 0 Å². The van der Waals surface area contributed by atoms with E-state index in [0.29, 0.717) is 6.04 Å². The number of hydrogen-bond donors (Lipinski definition) is 1. The average molecular weight is 191 g/mol. The summed E-state index contributed by atoms with van der Waals surface area (Å²) in [6, 6.07) is 6.96. The summed E-state index contributed by atoms with van der Waals surface area (Å²) in [5.41, 5.74) is 2.84. The first-order valence-electron chi connectivity index (χ1n) is 5.17. The lowest BCUT2D eigenvalue weighted by Gasteiger charge is -2.25. The SMILES string of the molecule is CN[C@H]1CCc2cccc(OC)c2C1. The van der Waals surface area contributed by atoms with Crippen LogP contribution in [0.3, 0.4) is 0 Å². The fourth-order valence-electron chi connectivity index (χ4n) is 2.19. The molecule has 0 fully saturated rings. The van der Waals surface area contributed by atoms with E-state index in [1.807, 2.05) is 7.05 Å². The Kier molecular flexibility index (Phi) is 2.73. The lowest BCUT2D eigenvalue weighted by Crippen LogP contribution is -2.31. The average Bonchev–Trinajstić information content (AvgIpc) is 2.27. The number of aryl methyl sites for hydroxylation is 1. The molecule has 0 radical (unpaired) electrons. The van der Waals surface area contributed by atoms with Gasteiger partial charge >= 0.3 is 0 Å². The molecule has 0 spiro atoms. The molecule has 0 aliphatic heterocycles. The van der Waals surface area contributed by atoms with Gasteiger partial charge in [-0.2, -0.15) is 0 Å². The molecule has 1 N–H and O–H groups in total. The highest BCUT2D eigenvalue weighted by molar-refractivity contribution is 5.42. The summed E-state index contributed by atoms with van der Waals surface area (Å²) < 4.78 is 5.38. The van der Waals surface area contributed by atoms with E-state index in [4.69, 9.17) is 4.74 Å². The summed E-state index contributed by atoms with van der Waals surface area (Å²) in [5.74, 6) is 1.04. The maximum absolute atomic E-state index is 5.38. The second-order valence-electron chi connectivity index (χ2n) is 3.83. The second-order valence-corrected chi connectivity index (χ2v) is 3.83. The summed E-state index contributed by atoms with van der Waals surface area (Å²) in [5, 5.41) is 3.34. The van der Waals surface area contributed by atoms with Crippen molar-refractivity contribution in [3.05, 3.63) is 29.3 Å². The molecule has 0 heterocycles. The number of rotatable bonds is 2. The summed E-state index contributed by atoms with van der Waals surface area (Å²) in [6.07, 6.45) is 3.49. The molecule has 0 amide bonds.